The normalized spacial score (nSPS) is 19.7. The predicted molar refractivity (Wildman–Crippen MR) is 112 cm³/mol. The van der Waals surface area contributed by atoms with Crippen LogP contribution in [0, 0.1) is 0 Å². The Kier molecular flexibility index (Phi) is 6.39. The van der Waals surface area contributed by atoms with Gasteiger partial charge in [-0.3, -0.25) is 4.68 Å². The van der Waals surface area contributed by atoms with E-state index in [0.717, 1.165) is 11.2 Å². The first-order valence-electron chi connectivity index (χ1n) is 9.76. The number of nitrogens with zero attached hydrogens (tertiary/aromatic N) is 2. The van der Waals surface area contributed by atoms with Crippen molar-refractivity contribution >= 4 is 20.9 Å². The molecule has 0 bridgehead atoms. The second-order valence-corrected chi connectivity index (χ2v) is 14.8. The highest BCUT2D eigenvalue weighted by atomic mass is 28.4. The van der Waals surface area contributed by atoms with Gasteiger partial charge in [0.2, 0.25) is 0 Å². The highest BCUT2D eigenvalue weighted by Gasteiger charge is 2.52. The van der Waals surface area contributed by atoms with Crippen LogP contribution in [0.1, 0.15) is 54.2 Å². The Morgan fingerprint density at radius 3 is 2.19 bits per heavy atom. The Morgan fingerprint density at radius 1 is 1.11 bits per heavy atom. The SMILES string of the molecule is Cn1cc(B2OC(C)(C)C(C)(C)O2)c(COCCO[Si](C)(C)C(C)(C)C)n1. The number of hydrogen-bond acceptors (Lipinski definition) is 5. The first-order valence-corrected chi connectivity index (χ1v) is 12.7. The molecule has 0 aliphatic carbocycles. The van der Waals surface area contributed by atoms with Crippen molar-refractivity contribution in [2.45, 2.75) is 84.4 Å². The summed E-state index contributed by atoms with van der Waals surface area (Å²) in [4.78, 5) is 0. The lowest BCUT2D eigenvalue weighted by atomic mass is 9.79. The van der Waals surface area contributed by atoms with Crippen molar-refractivity contribution in [3.05, 3.63) is 11.9 Å². The largest absolute Gasteiger partial charge is 0.498 e. The fourth-order valence-electron chi connectivity index (χ4n) is 2.57. The van der Waals surface area contributed by atoms with Crippen LogP contribution in [0.3, 0.4) is 0 Å². The van der Waals surface area contributed by atoms with Gasteiger partial charge in [-0.2, -0.15) is 5.10 Å². The van der Waals surface area contributed by atoms with Gasteiger partial charge in [-0.25, -0.2) is 0 Å². The summed E-state index contributed by atoms with van der Waals surface area (Å²) in [6, 6.07) is 0. The Labute approximate surface area is 166 Å². The van der Waals surface area contributed by atoms with Crippen molar-refractivity contribution in [1.82, 2.24) is 9.78 Å². The molecule has 0 spiro atoms. The summed E-state index contributed by atoms with van der Waals surface area (Å²) in [5.41, 5.74) is 1.04. The van der Waals surface area contributed by atoms with Crippen LogP contribution in [0.15, 0.2) is 6.20 Å². The van der Waals surface area contributed by atoms with Crippen molar-refractivity contribution in [2.24, 2.45) is 7.05 Å². The lowest BCUT2D eigenvalue weighted by Gasteiger charge is -2.36. The lowest BCUT2D eigenvalue weighted by Crippen LogP contribution is -2.41. The van der Waals surface area contributed by atoms with Crippen LogP contribution in [0.5, 0.6) is 0 Å². The van der Waals surface area contributed by atoms with Gasteiger partial charge in [-0.15, -0.1) is 0 Å². The van der Waals surface area contributed by atoms with E-state index in [2.05, 4.69) is 66.7 Å². The van der Waals surface area contributed by atoms with Crippen LogP contribution >= 0.6 is 0 Å². The molecular weight excluding hydrogens is 359 g/mol. The minimum atomic E-state index is -1.73. The van der Waals surface area contributed by atoms with E-state index in [0.29, 0.717) is 19.8 Å². The summed E-state index contributed by atoms with van der Waals surface area (Å²) in [7, 11) is -0.258. The Morgan fingerprint density at radius 2 is 1.67 bits per heavy atom. The molecule has 1 saturated heterocycles. The molecule has 1 aliphatic heterocycles. The van der Waals surface area contributed by atoms with Gasteiger partial charge in [0.25, 0.3) is 0 Å². The molecule has 154 valence electrons. The van der Waals surface area contributed by atoms with Gasteiger partial charge in [-0.1, -0.05) is 20.8 Å². The Balaban J connectivity index is 1.92. The molecule has 1 aliphatic rings. The third kappa shape index (κ3) is 5.04. The van der Waals surface area contributed by atoms with Crippen LogP contribution in [0.2, 0.25) is 18.1 Å². The zero-order valence-electron chi connectivity index (χ0n) is 18.8. The van der Waals surface area contributed by atoms with Gasteiger partial charge in [0.15, 0.2) is 8.32 Å². The molecule has 8 heteroatoms. The van der Waals surface area contributed by atoms with E-state index in [4.69, 9.17) is 18.5 Å². The summed E-state index contributed by atoms with van der Waals surface area (Å²) in [5.74, 6) is 0. The van der Waals surface area contributed by atoms with Crippen molar-refractivity contribution in [1.29, 1.82) is 0 Å². The van der Waals surface area contributed by atoms with Crippen molar-refractivity contribution < 1.29 is 18.5 Å². The average Bonchev–Trinajstić information content (AvgIpc) is 2.94. The molecule has 0 saturated carbocycles. The summed E-state index contributed by atoms with van der Waals surface area (Å²) >= 11 is 0. The Bertz CT molecular complexity index is 637. The van der Waals surface area contributed by atoms with E-state index in [-0.39, 0.29) is 16.2 Å². The maximum Gasteiger partial charge on any atom is 0.498 e. The number of ether oxygens (including phenoxy) is 1. The first-order chi connectivity index (χ1) is 12.2. The second-order valence-electron chi connectivity index (χ2n) is 9.95. The fourth-order valence-corrected chi connectivity index (χ4v) is 3.60. The van der Waals surface area contributed by atoms with Crippen LogP contribution in [0.25, 0.3) is 0 Å². The van der Waals surface area contributed by atoms with Crippen molar-refractivity contribution in [3.8, 4) is 0 Å². The lowest BCUT2D eigenvalue weighted by molar-refractivity contribution is 0.00578. The van der Waals surface area contributed by atoms with Crippen LogP contribution in [-0.2, 0) is 32.1 Å². The molecule has 0 unspecified atom stereocenters. The molecule has 0 atom stereocenters. The highest BCUT2D eigenvalue weighted by Crippen LogP contribution is 2.37. The van der Waals surface area contributed by atoms with E-state index in [1.54, 1.807) is 4.68 Å². The van der Waals surface area contributed by atoms with Gasteiger partial charge in [0, 0.05) is 18.7 Å². The molecular formula is C19H37BN2O4Si. The summed E-state index contributed by atoms with van der Waals surface area (Å²) < 4.78 is 26.1. The third-order valence-electron chi connectivity index (χ3n) is 6.18. The standard InChI is InChI=1S/C19H37BN2O4Si/c1-17(2,3)27(9,10)24-12-11-23-14-16-15(13-22(8)21-16)20-25-18(4,5)19(6,7)26-20/h13H,11-12,14H2,1-10H3. The molecule has 2 rings (SSSR count). The molecule has 0 radical (unpaired) electrons. The topological polar surface area (TPSA) is 54.7 Å². The summed E-state index contributed by atoms with van der Waals surface area (Å²) in [6.45, 7) is 21.0. The summed E-state index contributed by atoms with van der Waals surface area (Å²) in [6.07, 6.45) is 1.95. The molecule has 2 heterocycles. The molecule has 27 heavy (non-hydrogen) atoms. The van der Waals surface area contributed by atoms with Crippen LogP contribution in [-0.4, -0.2) is 49.6 Å². The van der Waals surface area contributed by atoms with Gasteiger partial charge in [-0.05, 0) is 45.8 Å². The minimum Gasteiger partial charge on any atom is -0.414 e. The van der Waals surface area contributed by atoms with Crippen LogP contribution in [0.4, 0.5) is 0 Å². The maximum atomic E-state index is 6.16. The quantitative estimate of drug-likeness (QED) is 0.523. The molecule has 0 aromatic carbocycles. The average molecular weight is 396 g/mol. The maximum absolute atomic E-state index is 6.16. The number of rotatable bonds is 7. The number of hydrogen-bond donors (Lipinski definition) is 0. The molecule has 1 aromatic heterocycles. The smallest absolute Gasteiger partial charge is 0.414 e. The van der Waals surface area contributed by atoms with Gasteiger partial charge < -0.3 is 18.5 Å². The molecule has 0 amide bonds. The van der Waals surface area contributed by atoms with Gasteiger partial charge in [0.1, 0.15) is 0 Å². The van der Waals surface area contributed by atoms with Crippen molar-refractivity contribution in [2.75, 3.05) is 13.2 Å². The Hall–Kier alpha value is -0.668. The minimum absolute atomic E-state index is 0.206. The third-order valence-corrected chi connectivity index (χ3v) is 10.7. The zero-order chi connectivity index (χ0) is 20.7. The molecule has 1 fully saturated rings. The monoisotopic (exact) mass is 396 g/mol. The van der Waals surface area contributed by atoms with E-state index in [1.165, 1.54) is 0 Å². The van der Waals surface area contributed by atoms with Gasteiger partial charge >= 0.3 is 7.12 Å². The van der Waals surface area contributed by atoms with E-state index in [1.807, 2.05) is 13.2 Å². The number of aromatic nitrogens is 2. The van der Waals surface area contributed by atoms with Gasteiger partial charge in [0.05, 0.1) is 36.7 Å². The number of aryl methyl sites for hydroxylation is 1. The van der Waals surface area contributed by atoms with Crippen molar-refractivity contribution in [3.63, 3.8) is 0 Å². The molecule has 1 aromatic rings. The van der Waals surface area contributed by atoms with E-state index < -0.39 is 15.4 Å². The first kappa shape index (κ1) is 22.6. The molecule has 6 nitrogen and oxygen atoms in total. The highest BCUT2D eigenvalue weighted by molar-refractivity contribution is 6.74. The van der Waals surface area contributed by atoms with Crippen LogP contribution < -0.4 is 5.46 Å². The fraction of sp³-hybridized carbons (Fsp3) is 0.842. The van der Waals surface area contributed by atoms with E-state index >= 15 is 0 Å². The summed E-state index contributed by atoms with van der Waals surface area (Å²) in [5, 5.41) is 4.74. The predicted octanol–water partition coefficient (Wildman–Crippen LogP) is 3.26. The zero-order valence-corrected chi connectivity index (χ0v) is 19.8. The van der Waals surface area contributed by atoms with E-state index in [9.17, 15) is 0 Å². The molecule has 0 N–H and O–H groups in total. The second kappa shape index (κ2) is 7.63.